The topological polar surface area (TPSA) is 52.6 Å². The second-order valence-corrected chi connectivity index (χ2v) is 5.79. The van der Waals surface area contributed by atoms with Crippen LogP contribution in [0.15, 0.2) is 18.2 Å². The fourth-order valence-electron chi connectivity index (χ4n) is 2.61. The Morgan fingerprint density at radius 3 is 2.50 bits per heavy atom. The molecule has 0 aromatic heterocycles. The summed E-state index contributed by atoms with van der Waals surface area (Å²) in [6.45, 7) is 7.36. The molecule has 2 N–H and O–H groups in total. The van der Waals surface area contributed by atoms with E-state index in [1.807, 2.05) is 36.9 Å². The van der Waals surface area contributed by atoms with Gasteiger partial charge >= 0.3 is 6.03 Å². The average molecular weight is 276 g/mol. The minimum absolute atomic E-state index is 0.0442. The number of aliphatic hydroxyl groups excluding tert-OH is 1. The van der Waals surface area contributed by atoms with Crippen LogP contribution in [0.3, 0.4) is 0 Å². The van der Waals surface area contributed by atoms with E-state index >= 15 is 0 Å². The Kier molecular flexibility index (Phi) is 4.65. The lowest BCUT2D eigenvalue weighted by atomic mass is 9.92. The number of aliphatic hydroxyl groups is 1. The normalized spacial score (nSPS) is 17.9. The van der Waals surface area contributed by atoms with E-state index in [2.05, 4.69) is 12.2 Å². The molecule has 0 radical (unpaired) electrons. The fraction of sp³-hybridized carbons (Fsp3) is 0.562. The van der Waals surface area contributed by atoms with Crippen LogP contribution in [0.1, 0.15) is 30.9 Å². The molecule has 1 unspecified atom stereocenters. The molecule has 1 fully saturated rings. The first kappa shape index (κ1) is 14.9. The number of likely N-dealkylation sites (tertiary alicyclic amines) is 1. The van der Waals surface area contributed by atoms with Crippen molar-refractivity contribution >= 4 is 11.7 Å². The van der Waals surface area contributed by atoms with Gasteiger partial charge in [-0.25, -0.2) is 4.79 Å². The lowest BCUT2D eigenvalue weighted by molar-refractivity contribution is 0.0820. The minimum atomic E-state index is -0.278. The third-order valence-corrected chi connectivity index (χ3v) is 4.27. The van der Waals surface area contributed by atoms with Gasteiger partial charge in [-0.1, -0.05) is 6.07 Å². The highest BCUT2D eigenvalue weighted by Crippen LogP contribution is 2.21. The highest BCUT2D eigenvalue weighted by Gasteiger charge is 2.25. The molecule has 0 spiro atoms. The molecular formula is C16H24N2O2. The summed E-state index contributed by atoms with van der Waals surface area (Å²) in [5.41, 5.74) is 3.24. The number of hydrogen-bond acceptors (Lipinski definition) is 2. The summed E-state index contributed by atoms with van der Waals surface area (Å²) >= 11 is 0. The van der Waals surface area contributed by atoms with Gasteiger partial charge in [-0.05, 0) is 62.8 Å². The summed E-state index contributed by atoms with van der Waals surface area (Å²) < 4.78 is 0. The summed E-state index contributed by atoms with van der Waals surface area (Å²) in [4.78, 5) is 14.0. The van der Waals surface area contributed by atoms with Crippen LogP contribution in [0.2, 0.25) is 0 Å². The first-order chi connectivity index (χ1) is 9.47. The van der Waals surface area contributed by atoms with E-state index in [-0.39, 0.29) is 12.1 Å². The third kappa shape index (κ3) is 3.51. The van der Waals surface area contributed by atoms with Crippen LogP contribution < -0.4 is 5.32 Å². The quantitative estimate of drug-likeness (QED) is 0.872. The highest BCUT2D eigenvalue weighted by molar-refractivity contribution is 5.89. The zero-order valence-corrected chi connectivity index (χ0v) is 12.5. The van der Waals surface area contributed by atoms with E-state index in [4.69, 9.17) is 0 Å². The van der Waals surface area contributed by atoms with Gasteiger partial charge in [-0.3, -0.25) is 0 Å². The van der Waals surface area contributed by atoms with Crippen LogP contribution in [0, 0.1) is 19.8 Å². The number of carbonyl (C=O) groups excluding carboxylic acids is 1. The smallest absolute Gasteiger partial charge is 0.321 e. The monoisotopic (exact) mass is 276 g/mol. The third-order valence-electron chi connectivity index (χ3n) is 4.27. The molecule has 0 saturated carbocycles. The number of amides is 2. The predicted molar refractivity (Wildman–Crippen MR) is 80.9 cm³/mol. The molecule has 1 aliphatic rings. The molecule has 1 aliphatic heterocycles. The van der Waals surface area contributed by atoms with Crippen molar-refractivity contribution in [2.75, 3.05) is 18.4 Å². The Morgan fingerprint density at radius 2 is 1.95 bits per heavy atom. The molecule has 4 nitrogen and oxygen atoms in total. The standard InChI is InChI=1S/C16H24N2O2/c1-11-4-5-15(10-12(11)2)17-16(20)18-8-6-14(7-9-18)13(3)19/h4-5,10,13-14,19H,6-9H2,1-3H3,(H,17,20). The Labute approximate surface area is 120 Å². The van der Waals surface area contributed by atoms with Gasteiger partial charge in [0.2, 0.25) is 0 Å². The Hall–Kier alpha value is -1.55. The number of nitrogens with one attached hydrogen (secondary N) is 1. The van der Waals surface area contributed by atoms with Crippen molar-refractivity contribution in [2.24, 2.45) is 5.92 Å². The molecule has 1 saturated heterocycles. The average Bonchev–Trinajstić information content (AvgIpc) is 2.43. The van der Waals surface area contributed by atoms with Crippen molar-refractivity contribution in [3.63, 3.8) is 0 Å². The number of hydrogen-bond donors (Lipinski definition) is 2. The number of rotatable bonds is 2. The molecule has 110 valence electrons. The van der Waals surface area contributed by atoms with Gasteiger partial charge in [0.15, 0.2) is 0 Å². The van der Waals surface area contributed by atoms with Crippen molar-refractivity contribution in [1.82, 2.24) is 4.90 Å². The molecular weight excluding hydrogens is 252 g/mol. The van der Waals surface area contributed by atoms with Crippen molar-refractivity contribution < 1.29 is 9.90 Å². The molecule has 0 aliphatic carbocycles. The zero-order valence-electron chi connectivity index (χ0n) is 12.5. The van der Waals surface area contributed by atoms with Crippen molar-refractivity contribution in [1.29, 1.82) is 0 Å². The van der Waals surface area contributed by atoms with E-state index in [9.17, 15) is 9.90 Å². The SMILES string of the molecule is Cc1ccc(NC(=O)N2CCC(C(C)O)CC2)cc1C. The van der Waals surface area contributed by atoms with Crippen LogP contribution in [0.25, 0.3) is 0 Å². The molecule has 20 heavy (non-hydrogen) atoms. The van der Waals surface area contributed by atoms with Gasteiger partial charge in [0.05, 0.1) is 6.10 Å². The maximum Gasteiger partial charge on any atom is 0.321 e. The Bertz CT molecular complexity index is 477. The molecule has 1 heterocycles. The van der Waals surface area contributed by atoms with E-state index in [1.54, 1.807) is 0 Å². The Morgan fingerprint density at radius 1 is 1.30 bits per heavy atom. The molecule has 2 amide bonds. The number of aryl methyl sites for hydroxylation is 2. The van der Waals surface area contributed by atoms with Crippen LogP contribution in [-0.2, 0) is 0 Å². The van der Waals surface area contributed by atoms with Gasteiger partial charge in [0.1, 0.15) is 0 Å². The largest absolute Gasteiger partial charge is 0.393 e. The molecule has 0 bridgehead atoms. The van der Waals surface area contributed by atoms with Crippen LogP contribution in [0.5, 0.6) is 0 Å². The highest BCUT2D eigenvalue weighted by atomic mass is 16.3. The fourth-order valence-corrected chi connectivity index (χ4v) is 2.61. The molecule has 2 rings (SSSR count). The number of nitrogens with zero attached hydrogens (tertiary/aromatic N) is 1. The number of carbonyl (C=O) groups is 1. The summed E-state index contributed by atoms with van der Waals surface area (Å²) in [7, 11) is 0. The van der Waals surface area contributed by atoms with Gasteiger partial charge in [-0.2, -0.15) is 0 Å². The molecule has 4 heteroatoms. The second kappa shape index (κ2) is 6.27. The van der Waals surface area contributed by atoms with Crippen molar-refractivity contribution in [3.05, 3.63) is 29.3 Å². The van der Waals surface area contributed by atoms with E-state index in [0.717, 1.165) is 18.5 Å². The number of anilines is 1. The lowest BCUT2D eigenvalue weighted by Crippen LogP contribution is -2.42. The number of piperidine rings is 1. The first-order valence-corrected chi connectivity index (χ1v) is 7.28. The second-order valence-electron chi connectivity index (χ2n) is 5.79. The summed E-state index contributed by atoms with van der Waals surface area (Å²) in [5.74, 6) is 0.320. The minimum Gasteiger partial charge on any atom is -0.393 e. The van der Waals surface area contributed by atoms with E-state index in [0.29, 0.717) is 19.0 Å². The first-order valence-electron chi connectivity index (χ1n) is 7.28. The van der Waals surface area contributed by atoms with Crippen LogP contribution in [-0.4, -0.2) is 35.2 Å². The summed E-state index contributed by atoms with van der Waals surface area (Å²) in [6.07, 6.45) is 1.47. The van der Waals surface area contributed by atoms with Crippen LogP contribution >= 0.6 is 0 Å². The van der Waals surface area contributed by atoms with Gasteiger partial charge in [-0.15, -0.1) is 0 Å². The summed E-state index contributed by atoms with van der Waals surface area (Å²) in [6, 6.07) is 5.90. The molecule has 1 atom stereocenters. The summed E-state index contributed by atoms with van der Waals surface area (Å²) in [5, 5.41) is 12.5. The Balaban J connectivity index is 1.91. The van der Waals surface area contributed by atoms with E-state index in [1.165, 1.54) is 11.1 Å². The maximum atomic E-state index is 12.2. The van der Waals surface area contributed by atoms with E-state index < -0.39 is 0 Å². The number of urea groups is 1. The van der Waals surface area contributed by atoms with Crippen LogP contribution in [0.4, 0.5) is 10.5 Å². The lowest BCUT2D eigenvalue weighted by Gasteiger charge is -2.33. The predicted octanol–water partition coefficient (Wildman–Crippen LogP) is 2.93. The van der Waals surface area contributed by atoms with Gasteiger partial charge < -0.3 is 15.3 Å². The zero-order chi connectivity index (χ0) is 14.7. The molecule has 1 aromatic rings. The molecule has 1 aromatic carbocycles. The van der Waals surface area contributed by atoms with Crippen molar-refractivity contribution in [2.45, 2.75) is 39.7 Å². The van der Waals surface area contributed by atoms with Gasteiger partial charge in [0.25, 0.3) is 0 Å². The van der Waals surface area contributed by atoms with Crippen molar-refractivity contribution in [3.8, 4) is 0 Å². The number of benzene rings is 1. The van der Waals surface area contributed by atoms with Gasteiger partial charge in [0, 0.05) is 18.8 Å². The maximum absolute atomic E-state index is 12.2.